The van der Waals surface area contributed by atoms with Crippen LogP contribution in [0.1, 0.15) is 17.4 Å². The number of piperazine rings is 1. The van der Waals surface area contributed by atoms with Gasteiger partial charge in [-0.15, -0.1) is 0 Å². The molecular formula is C9H13N3O2. The number of carbonyl (C=O) groups is 1. The number of nitrogens with one attached hydrogen (secondary N) is 1. The van der Waals surface area contributed by atoms with Crippen molar-refractivity contribution in [2.45, 2.75) is 13.0 Å². The lowest BCUT2D eigenvalue weighted by molar-refractivity contribution is 0.0645. The third kappa shape index (κ3) is 1.63. The molecule has 2 heterocycles. The zero-order valence-corrected chi connectivity index (χ0v) is 8.06. The van der Waals surface area contributed by atoms with Crippen LogP contribution in [0.25, 0.3) is 0 Å². The first-order valence-corrected chi connectivity index (χ1v) is 4.71. The minimum atomic E-state index is -0.0484. The summed E-state index contributed by atoms with van der Waals surface area (Å²) in [4.78, 5) is 13.7. The van der Waals surface area contributed by atoms with Gasteiger partial charge in [0, 0.05) is 31.7 Å². The number of amides is 1. The summed E-state index contributed by atoms with van der Waals surface area (Å²) >= 11 is 0. The van der Waals surface area contributed by atoms with Crippen LogP contribution < -0.4 is 5.32 Å². The monoisotopic (exact) mass is 195 g/mol. The second kappa shape index (κ2) is 3.79. The van der Waals surface area contributed by atoms with Crippen LogP contribution in [0, 0.1) is 0 Å². The molecule has 5 heteroatoms. The molecule has 0 saturated carbocycles. The average molecular weight is 195 g/mol. The number of rotatable bonds is 1. The van der Waals surface area contributed by atoms with Gasteiger partial charge in [0.15, 0.2) is 5.69 Å². The predicted molar refractivity (Wildman–Crippen MR) is 49.9 cm³/mol. The number of aromatic nitrogens is 1. The van der Waals surface area contributed by atoms with Gasteiger partial charge < -0.3 is 14.7 Å². The number of nitrogens with zero attached hydrogens (tertiary/aromatic N) is 2. The third-order valence-corrected chi connectivity index (χ3v) is 2.42. The zero-order chi connectivity index (χ0) is 9.97. The van der Waals surface area contributed by atoms with Gasteiger partial charge in [-0.3, -0.25) is 4.79 Å². The Hall–Kier alpha value is -1.36. The van der Waals surface area contributed by atoms with Crippen molar-refractivity contribution in [1.82, 2.24) is 15.4 Å². The summed E-state index contributed by atoms with van der Waals surface area (Å²) in [6.45, 7) is 4.43. The average Bonchev–Trinajstić information content (AvgIpc) is 2.70. The Morgan fingerprint density at radius 1 is 1.79 bits per heavy atom. The molecule has 1 atom stereocenters. The second-order valence-corrected chi connectivity index (χ2v) is 3.44. The van der Waals surface area contributed by atoms with Crippen molar-refractivity contribution in [1.29, 1.82) is 0 Å². The Morgan fingerprint density at radius 2 is 2.64 bits per heavy atom. The lowest BCUT2D eigenvalue weighted by Crippen LogP contribution is -2.52. The lowest BCUT2D eigenvalue weighted by Gasteiger charge is -2.33. The van der Waals surface area contributed by atoms with Crippen LogP contribution >= 0.6 is 0 Å². The van der Waals surface area contributed by atoms with Gasteiger partial charge in [0.05, 0.1) is 0 Å². The van der Waals surface area contributed by atoms with Crippen LogP contribution in [0.4, 0.5) is 0 Å². The van der Waals surface area contributed by atoms with E-state index in [-0.39, 0.29) is 11.9 Å². The van der Waals surface area contributed by atoms with Crippen molar-refractivity contribution in [2.75, 3.05) is 19.6 Å². The van der Waals surface area contributed by atoms with Crippen LogP contribution in [0.3, 0.4) is 0 Å². The Balaban J connectivity index is 2.10. The molecule has 1 aromatic heterocycles. The molecule has 0 aromatic carbocycles. The van der Waals surface area contributed by atoms with Crippen molar-refractivity contribution in [3.63, 3.8) is 0 Å². The van der Waals surface area contributed by atoms with Crippen molar-refractivity contribution in [3.05, 3.63) is 18.0 Å². The van der Waals surface area contributed by atoms with E-state index in [0.717, 1.165) is 19.6 Å². The van der Waals surface area contributed by atoms with Gasteiger partial charge in [0.2, 0.25) is 0 Å². The predicted octanol–water partition coefficient (Wildman–Crippen LogP) is 0.108. The molecule has 1 unspecified atom stereocenters. The second-order valence-electron chi connectivity index (χ2n) is 3.44. The maximum Gasteiger partial charge on any atom is 0.276 e. The largest absolute Gasteiger partial charge is 0.364 e. The van der Waals surface area contributed by atoms with Gasteiger partial charge >= 0.3 is 0 Å². The summed E-state index contributed by atoms with van der Waals surface area (Å²) in [5.41, 5.74) is 0.388. The molecular weight excluding hydrogens is 182 g/mol. The van der Waals surface area contributed by atoms with Crippen molar-refractivity contribution < 1.29 is 9.32 Å². The SMILES string of the molecule is CC1CNCCN1C(=O)c1ccon1. The number of hydrogen-bond donors (Lipinski definition) is 1. The highest BCUT2D eigenvalue weighted by Crippen LogP contribution is 2.08. The molecule has 1 N–H and O–H groups in total. The van der Waals surface area contributed by atoms with Crippen molar-refractivity contribution in [2.24, 2.45) is 0 Å². The van der Waals surface area contributed by atoms with Crippen LogP contribution in [-0.4, -0.2) is 41.6 Å². The Kier molecular flexibility index (Phi) is 2.49. The van der Waals surface area contributed by atoms with Gasteiger partial charge in [-0.25, -0.2) is 0 Å². The van der Waals surface area contributed by atoms with E-state index in [1.807, 2.05) is 11.8 Å². The molecule has 0 radical (unpaired) electrons. The first-order chi connectivity index (χ1) is 6.79. The molecule has 2 rings (SSSR count). The van der Waals surface area contributed by atoms with Gasteiger partial charge in [0.1, 0.15) is 6.26 Å². The van der Waals surface area contributed by atoms with Crippen LogP contribution in [0.15, 0.2) is 16.9 Å². The van der Waals surface area contributed by atoms with Gasteiger partial charge in [0.25, 0.3) is 5.91 Å². The molecule has 0 aliphatic carbocycles. The molecule has 14 heavy (non-hydrogen) atoms. The third-order valence-electron chi connectivity index (χ3n) is 2.42. The summed E-state index contributed by atoms with van der Waals surface area (Å²) in [6.07, 6.45) is 1.42. The Morgan fingerprint density at radius 3 is 3.29 bits per heavy atom. The number of carbonyl (C=O) groups excluding carboxylic acids is 1. The Labute approximate surface area is 82.1 Å². The van der Waals surface area contributed by atoms with E-state index >= 15 is 0 Å². The highest BCUT2D eigenvalue weighted by Gasteiger charge is 2.25. The van der Waals surface area contributed by atoms with E-state index in [2.05, 4.69) is 15.0 Å². The summed E-state index contributed by atoms with van der Waals surface area (Å²) in [5.74, 6) is -0.0484. The van der Waals surface area contributed by atoms with E-state index in [1.54, 1.807) is 6.07 Å². The maximum atomic E-state index is 11.8. The topological polar surface area (TPSA) is 58.4 Å². The van der Waals surface area contributed by atoms with Crippen LogP contribution in [0.2, 0.25) is 0 Å². The van der Waals surface area contributed by atoms with E-state index < -0.39 is 0 Å². The first-order valence-electron chi connectivity index (χ1n) is 4.71. The fourth-order valence-electron chi connectivity index (χ4n) is 1.61. The minimum Gasteiger partial charge on any atom is -0.364 e. The van der Waals surface area contributed by atoms with E-state index in [9.17, 15) is 4.79 Å². The van der Waals surface area contributed by atoms with Crippen molar-refractivity contribution in [3.8, 4) is 0 Å². The van der Waals surface area contributed by atoms with Crippen LogP contribution in [0.5, 0.6) is 0 Å². The molecule has 1 amide bonds. The van der Waals surface area contributed by atoms with Crippen LogP contribution in [-0.2, 0) is 0 Å². The van der Waals surface area contributed by atoms with Gasteiger partial charge in [-0.2, -0.15) is 0 Å². The molecule has 1 aliphatic heterocycles. The van der Waals surface area contributed by atoms with E-state index in [1.165, 1.54) is 6.26 Å². The van der Waals surface area contributed by atoms with E-state index in [0.29, 0.717) is 5.69 Å². The summed E-state index contributed by atoms with van der Waals surface area (Å²) in [5, 5.41) is 6.87. The fraction of sp³-hybridized carbons (Fsp3) is 0.556. The molecule has 1 aliphatic rings. The first kappa shape index (κ1) is 9.21. The minimum absolute atomic E-state index is 0.0484. The summed E-state index contributed by atoms with van der Waals surface area (Å²) in [7, 11) is 0. The fourth-order valence-corrected chi connectivity index (χ4v) is 1.61. The maximum absolute atomic E-state index is 11.8. The molecule has 1 saturated heterocycles. The van der Waals surface area contributed by atoms with Gasteiger partial charge in [-0.1, -0.05) is 5.16 Å². The molecule has 5 nitrogen and oxygen atoms in total. The molecule has 76 valence electrons. The quantitative estimate of drug-likeness (QED) is 0.691. The highest BCUT2D eigenvalue weighted by atomic mass is 16.5. The van der Waals surface area contributed by atoms with E-state index in [4.69, 9.17) is 0 Å². The molecule has 1 fully saturated rings. The molecule has 1 aromatic rings. The summed E-state index contributed by atoms with van der Waals surface area (Å²) in [6, 6.07) is 1.81. The molecule has 0 spiro atoms. The molecule has 0 bridgehead atoms. The van der Waals surface area contributed by atoms with Crippen molar-refractivity contribution >= 4 is 5.91 Å². The highest BCUT2D eigenvalue weighted by molar-refractivity contribution is 5.92. The normalized spacial score (nSPS) is 22.4. The number of hydrogen-bond acceptors (Lipinski definition) is 4. The van der Waals surface area contributed by atoms with Gasteiger partial charge in [-0.05, 0) is 6.92 Å². The Bertz CT molecular complexity index is 310. The standard InChI is InChI=1S/C9H13N3O2/c1-7-6-10-3-4-12(7)9(13)8-2-5-14-11-8/h2,5,7,10H,3-4,6H2,1H3. The lowest BCUT2D eigenvalue weighted by atomic mass is 10.2. The smallest absolute Gasteiger partial charge is 0.276 e. The zero-order valence-electron chi connectivity index (χ0n) is 8.06. The summed E-state index contributed by atoms with van der Waals surface area (Å²) < 4.78 is 4.65.